The maximum atomic E-state index is 13.1. The molecule has 2 fully saturated rings. The highest BCUT2D eigenvalue weighted by molar-refractivity contribution is 7.89. The lowest BCUT2D eigenvalue weighted by atomic mass is 10.1. The number of carbonyl (C=O) groups excluding carboxylic acids is 1. The molecule has 2 aliphatic rings. The van der Waals surface area contributed by atoms with Crippen molar-refractivity contribution < 1.29 is 18.1 Å². The van der Waals surface area contributed by atoms with E-state index in [1.54, 1.807) is 35.2 Å². The van der Waals surface area contributed by atoms with E-state index in [0.717, 1.165) is 19.3 Å². The minimum atomic E-state index is -3.62. The van der Waals surface area contributed by atoms with Gasteiger partial charge in [0.1, 0.15) is 5.69 Å². The van der Waals surface area contributed by atoms with Gasteiger partial charge in [-0.15, -0.1) is 0 Å². The van der Waals surface area contributed by atoms with Crippen molar-refractivity contribution in [3.63, 3.8) is 0 Å². The van der Waals surface area contributed by atoms with Crippen LogP contribution in [0.15, 0.2) is 53.4 Å². The second kappa shape index (κ2) is 9.25. The molecule has 10 heteroatoms. The third kappa shape index (κ3) is 4.46. The van der Waals surface area contributed by atoms with Crippen LogP contribution in [0.4, 0.5) is 11.4 Å². The molecule has 170 valence electrons. The first-order valence-electron chi connectivity index (χ1n) is 10.8. The molecule has 32 heavy (non-hydrogen) atoms. The van der Waals surface area contributed by atoms with Crippen LogP contribution < -0.4 is 4.90 Å². The fourth-order valence-electron chi connectivity index (χ4n) is 4.26. The molecule has 2 aliphatic heterocycles. The Kier molecular flexibility index (Phi) is 6.43. The zero-order chi connectivity index (χ0) is 22.7. The summed E-state index contributed by atoms with van der Waals surface area (Å²) in [6.07, 6.45) is 2.73. The first-order valence-corrected chi connectivity index (χ1v) is 12.2. The summed E-state index contributed by atoms with van der Waals surface area (Å²) in [6.45, 7) is 2.73. The number of amides is 1. The number of nitrogens with zero attached hydrogens (tertiary/aromatic N) is 4. The van der Waals surface area contributed by atoms with Gasteiger partial charge in [-0.25, -0.2) is 8.42 Å². The first-order chi connectivity index (χ1) is 15.4. The minimum Gasteiger partial charge on any atom is -0.362 e. The molecular weight excluding hydrogens is 432 g/mol. The summed E-state index contributed by atoms with van der Waals surface area (Å²) in [4.78, 5) is 27.7. The zero-order valence-electron chi connectivity index (χ0n) is 17.7. The molecule has 2 heterocycles. The molecule has 4 rings (SSSR count). The number of para-hydroxylation sites is 2. The smallest absolute Gasteiger partial charge is 0.292 e. The molecule has 0 radical (unpaired) electrons. The second-order valence-electron chi connectivity index (χ2n) is 8.02. The Morgan fingerprint density at radius 1 is 0.875 bits per heavy atom. The number of hydrogen-bond donors (Lipinski definition) is 0. The summed E-state index contributed by atoms with van der Waals surface area (Å²) in [5, 5.41) is 11.3. The zero-order valence-corrected chi connectivity index (χ0v) is 18.5. The number of carbonyl (C=O) groups is 1. The summed E-state index contributed by atoms with van der Waals surface area (Å²) in [6, 6.07) is 12.8. The monoisotopic (exact) mass is 458 g/mol. The van der Waals surface area contributed by atoms with E-state index in [4.69, 9.17) is 0 Å². The number of rotatable bonds is 5. The van der Waals surface area contributed by atoms with Gasteiger partial charge in [0.15, 0.2) is 0 Å². The van der Waals surface area contributed by atoms with Crippen LogP contribution in [0.2, 0.25) is 0 Å². The maximum Gasteiger partial charge on any atom is 0.292 e. The van der Waals surface area contributed by atoms with Crippen LogP contribution in [-0.4, -0.2) is 67.7 Å². The van der Waals surface area contributed by atoms with Crippen molar-refractivity contribution in [1.82, 2.24) is 9.21 Å². The van der Waals surface area contributed by atoms with E-state index in [-0.39, 0.29) is 16.5 Å². The molecular formula is C22H26N4O5S. The summed E-state index contributed by atoms with van der Waals surface area (Å²) < 4.78 is 27.4. The number of piperazine rings is 1. The number of anilines is 1. The van der Waals surface area contributed by atoms with Crippen molar-refractivity contribution in [3.05, 3.63) is 64.2 Å². The number of hydrogen-bond acceptors (Lipinski definition) is 6. The van der Waals surface area contributed by atoms with Crippen molar-refractivity contribution >= 4 is 27.3 Å². The molecule has 0 aromatic heterocycles. The largest absolute Gasteiger partial charge is 0.362 e. The quantitative estimate of drug-likeness (QED) is 0.504. The summed E-state index contributed by atoms with van der Waals surface area (Å²) in [5.74, 6) is -0.233. The van der Waals surface area contributed by atoms with Gasteiger partial charge in [-0.1, -0.05) is 24.6 Å². The number of piperidine rings is 1. The highest BCUT2D eigenvalue weighted by Gasteiger charge is 2.29. The molecule has 0 spiro atoms. The molecule has 0 bridgehead atoms. The number of nitro benzene ring substituents is 1. The Hall–Kier alpha value is -2.98. The predicted octanol–water partition coefficient (Wildman–Crippen LogP) is 2.73. The van der Waals surface area contributed by atoms with E-state index in [1.165, 1.54) is 22.5 Å². The van der Waals surface area contributed by atoms with Crippen molar-refractivity contribution in [2.75, 3.05) is 44.2 Å². The Morgan fingerprint density at radius 3 is 2.25 bits per heavy atom. The van der Waals surface area contributed by atoms with Gasteiger partial charge in [0.2, 0.25) is 10.0 Å². The average molecular weight is 459 g/mol. The molecule has 2 saturated heterocycles. The topological polar surface area (TPSA) is 104 Å². The van der Waals surface area contributed by atoms with Gasteiger partial charge < -0.3 is 9.80 Å². The second-order valence-corrected chi connectivity index (χ2v) is 9.96. The van der Waals surface area contributed by atoms with E-state index >= 15 is 0 Å². The van der Waals surface area contributed by atoms with Gasteiger partial charge in [-0.3, -0.25) is 14.9 Å². The average Bonchev–Trinajstić information content (AvgIpc) is 2.84. The van der Waals surface area contributed by atoms with Crippen LogP contribution in [-0.2, 0) is 10.0 Å². The van der Waals surface area contributed by atoms with Crippen LogP contribution in [0.25, 0.3) is 0 Å². The Labute approximate surface area is 187 Å². The van der Waals surface area contributed by atoms with Gasteiger partial charge >= 0.3 is 0 Å². The van der Waals surface area contributed by atoms with Gasteiger partial charge in [-0.05, 0) is 37.1 Å². The molecule has 2 aromatic rings. The normalized spacial score (nSPS) is 17.9. The van der Waals surface area contributed by atoms with Crippen LogP contribution in [0, 0.1) is 10.1 Å². The Bertz CT molecular complexity index is 1110. The van der Waals surface area contributed by atoms with Crippen molar-refractivity contribution in [2.24, 2.45) is 0 Å². The van der Waals surface area contributed by atoms with Crippen LogP contribution >= 0.6 is 0 Å². The number of nitro groups is 1. The summed E-state index contributed by atoms with van der Waals surface area (Å²) >= 11 is 0. The van der Waals surface area contributed by atoms with Crippen LogP contribution in [0.5, 0.6) is 0 Å². The first kappa shape index (κ1) is 22.2. The molecule has 1 amide bonds. The standard InChI is InChI=1S/C22H26N4O5S/c27-22(18-7-6-8-19(17-18)32(30,31)25-11-4-1-5-12-25)24-15-13-23(14-16-24)20-9-2-3-10-21(20)26(28)29/h2-3,6-10,17H,1,4-5,11-16H2. The molecule has 9 nitrogen and oxygen atoms in total. The van der Waals surface area contributed by atoms with Crippen molar-refractivity contribution in [2.45, 2.75) is 24.2 Å². The van der Waals surface area contributed by atoms with Crippen LogP contribution in [0.1, 0.15) is 29.6 Å². The number of sulfonamides is 1. The van der Waals surface area contributed by atoms with E-state index in [0.29, 0.717) is 50.5 Å². The predicted molar refractivity (Wildman–Crippen MR) is 120 cm³/mol. The molecule has 0 aliphatic carbocycles. The highest BCUT2D eigenvalue weighted by atomic mass is 32.2. The van der Waals surface area contributed by atoms with Crippen LogP contribution in [0.3, 0.4) is 0 Å². The summed E-state index contributed by atoms with van der Waals surface area (Å²) in [5.41, 5.74) is 0.921. The fourth-order valence-corrected chi connectivity index (χ4v) is 5.83. The third-order valence-electron chi connectivity index (χ3n) is 6.02. The number of benzene rings is 2. The van der Waals surface area contributed by atoms with Gasteiger partial charge in [0, 0.05) is 50.9 Å². The Morgan fingerprint density at radius 2 is 1.56 bits per heavy atom. The lowest BCUT2D eigenvalue weighted by Gasteiger charge is -2.36. The maximum absolute atomic E-state index is 13.1. The van der Waals surface area contributed by atoms with E-state index in [1.807, 2.05) is 4.90 Å². The lowest BCUT2D eigenvalue weighted by Crippen LogP contribution is -2.49. The van der Waals surface area contributed by atoms with Gasteiger partial charge in [0.05, 0.1) is 9.82 Å². The van der Waals surface area contributed by atoms with Gasteiger partial charge in [-0.2, -0.15) is 4.31 Å². The van der Waals surface area contributed by atoms with Gasteiger partial charge in [0.25, 0.3) is 11.6 Å². The Balaban J connectivity index is 1.46. The fraction of sp³-hybridized carbons (Fsp3) is 0.409. The third-order valence-corrected chi connectivity index (χ3v) is 7.91. The van der Waals surface area contributed by atoms with E-state index < -0.39 is 14.9 Å². The van der Waals surface area contributed by atoms with Crippen molar-refractivity contribution in [1.29, 1.82) is 0 Å². The minimum absolute atomic E-state index is 0.0443. The summed E-state index contributed by atoms with van der Waals surface area (Å²) in [7, 11) is -3.62. The van der Waals surface area contributed by atoms with E-state index in [9.17, 15) is 23.3 Å². The molecule has 0 atom stereocenters. The SMILES string of the molecule is O=C(c1cccc(S(=O)(=O)N2CCCCC2)c1)N1CCN(c2ccccc2[N+](=O)[O-])CC1. The lowest BCUT2D eigenvalue weighted by molar-refractivity contribution is -0.384. The molecule has 0 saturated carbocycles. The molecule has 0 N–H and O–H groups in total. The van der Waals surface area contributed by atoms with E-state index in [2.05, 4.69) is 0 Å². The molecule has 0 unspecified atom stereocenters. The van der Waals surface area contributed by atoms with Crippen molar-refractivity contribution in [3.8, 4) is 0 Å². The highest BCUT2D eigenvalue weighted by Crippen LogP contribution is 2.29. The molecule has 2 aromatic carbocycles.